The van der Waals surface area contributed by atoms with E-state index in [9.17, 15) is 9.59 Å². The van der Waals surface area contributed by atoms with Crippen molar-refractivity contribution < 1.29 is 19.8 Å². The van der Waals surface area contributed by atoms with Crippen LogP contribution in [0, 0.1) is 0 Å². The quantitative estimate of drug-likeness (QED) is 0.544. The molecule has 19 heavy (non-hydrogen) atoms. The maximum Gasteiger partial charge on any atom is 0.325 e. The third kappa shape index (κ3) is 5.07. The average Bonchev–Trinajstić information content (AvgIpc) is 2.40. The molecule has 0 heterocycles. The first-order valence-corrected chi connectivity index (χ1v) is 5.96. The van der Waals surface area contributed by atoms with E-state index in [1.54, 1.807) is 0 Å². The van der Waals surface area contributed by atoms with Gasteiger partial charge in [0.25, 0.3) is 0 Å². The largest absolute Gasteiger partial charge is 0.480 e. The van der Waals surface area contributed by atoms with E-state index in [-0.39, 0.29) is 0 Å². The fraction of sp³-hybridized carbons (Fsp3) is 0.385. The van der Waals surface area contributed by atoms with Crippen molar-refractivity contribution in [1.82, 2.24) is 10.6 Å². The van der Waals surface area contributed by atoms with Gasteiger partial charge in [-0.1, -0.05) is 30.3 Å². The van der Waals surface area contributed by atoms with E-state index in [1.165, 1.54) is 6.92 Å². The number of amides is 1. The fourth-order valence-electron chi connectivity index (χ4n) is 1.45. The summed E-state index contributed by atoms with van der Waals surface area (Å²) in [6.45, 7) is 1.39. The molecule has 6 nitrogen and oxygen atoms in total. The van der Waals surface area contributed by atoms with Gasteiger partial charge in [-0.15, -0.1) is 0 Å². The second-order valence-electron chi connectivity index (χ2n) is 4.17. The molecule has 2 unspecified atom stereocenters. The number of hydrogen-bond donors (Lipinski definition) is 4. The van der Waals surface area contributed by atoms with Crippen molar-refractivity contribution in [3.63, 3.8) is 0 Å². The van der Waals surface area contributed by atoms with Crippen LogP contribution in [-0.4, -0.2) is 40.8 Å². The van der Waals surface area contributed by atoms with Gasteiger partial charge in [-0.2, -0.15) is 0 Å². The average molecular weight is 266 g/mol. The Hall–Kier alpha value is -1.92. The summed E-state index contributed by atoms with van der Waals surface area (Å²) in [4.78, 5) is 22.3. The molecule has 4 N–H and O–H groups in total. The van der Waals surface area contributed by atoms with E-state index < -0.39 is 30.6 Å². The molecule has 0 saturated heterocycles. The minimum atomic E-state index is -1.12. The van der Waals surface area contributed by atoms with Crippen molar-refractivity contribution >= 4 is 11.9 Å². The number of hydrogen-bond acceptors (Lipinski definition) is 4. The standard InChI is InChI=1S/C13H18N2O4/c1-9(13(18)19)15-12(17)11(8-16)14-7-10-5-3-2-4-6-10/h2-6,9,11,14,16H,7-8H2,1H3,(H,15,17)(H,18,19). The van der Waals surface area contributed by atoms with Crippen LogP contribution in [0.15, 0.2) is 30.3 Å². The van der Waals surface area contributed by atoms with Crippen LogP contribution in [0.4, 0.5) is 0 Å². The molecule has 0 aromatic heterocycles. The van der Waals surface area contributed by atoms with Crippen molar-refractivity contribution in [3.05, 3.63) is 35.9 Å². The molecule has 0 radical (unpaired) electrons. The van der Waals surface area contributed by atoms with E-state index in [1.807, 2.05) is 30.3 Å². The minimum absolute atomic E-state index is 0.398. The van der Waals surface area contributed by atoms with Crippen molar-refractivity contribution in [3.8, 4) is 0 Å². The van der Waals surface area contributed by atoms with Crippen LogP contribution < -0.4 is 10.6 Å². The van der Waals surface area contributed by atoms with Gasteiger partial charge in [-0.05, 0) is 12.5 Å². The molecule has 0 saturated carbocycles. The molecule has 0 aliphatic heterocycles. The number of aliphatic carboxylic acids is 1. The second kappa shape index (κ2) is 7.50. The van der Waals surface area contributed by atoms with Gasteiger partial charge in [0.2, 0.25) is 5.91 Å². The Bertz CT molecular complexity index is 422. The zero-order valence-corrected chi connectivity index (χ0v) is 10.7. The molecule has 1 aromatic carbocycles. The maximum atomic E-state index is 11.7. The summed E-state index contributed by atoms with van der Waals surface area (Å²) in [5.74, 6) is -1.65. The molecular formula is C13H18N2O4. The number of carbonyl (C=O) groups is 2. The molecule has 104 valence electrons. The summed E-state index contributed by atoms with van der Waals surface area (Å²) >= 11 is 0. The third-order valence-corrected chi connectivity index (χ3v) is 2.62. The second-order valence-corrected chi connectivity index (χ2v) is 4.17. The number of aliphatic hydroxyl groups is 1. The lowest BCUT2D eigenvalue weighted by Gasteiger charge is -2.18. The van der Waals surface area contributed by atoms with Crippen LogP contribution >= 0.6 is 0 Å². The molecule has 6 heteroatoms. The lowest BCUT2D eigenvalue weighted by Crippen LogP contribution is -2.50. The monoisotopic (exact) mass is 266 g/mol. The Kier molecular flexibility index (Phi) is 5.98. The molecule has 0 aliphatic carbocycles. The highest BCUT2D eigenvalue weighted by Crippen LogP contribution is 1.98. The van der Waals surface area contributed by atoms with Crippen LogP contribution in [0.5, 0.6) is 0 Å². The number of rotatable bonds is 7. The van der Waals surface area contributed by atoms with Gasteiger partial charge < -0.3 is 15.5 Å². The highest BCUT2D eigenvalue weighted by molar-refractivity contribution is 5.86. The Balaban J connectivity index is 2.49. The number of carboxylic acids is 1. The molecule has 0 bridgehead atoms. The van der Waals surface area contributed by atoms with Crippen LogP contribution in [0.3, 0.4) is 0 Å². The summed E-state index contributed by atoms with van der Waals surface area (Å²) in [6.07, 6.45) is 0. The van der Waals surface area contributed by atoms with E-state index in [2.05, 4.69) is 10.6 Å². The minimum Gasteiger partial charge on any atom is -0.480 e. The van der Waals surface area contributed by atoms with Crippen LogP contribution in [0.25, 0.3) is 0 Å². The lowest BCUT2D eigenvalue weighted by molar-refractivity contribution is -0.141. The van der Waals surface area contributed by atoms with Gasteiger partial charge in [0.05, 0.1) is 6.61 Å². The number of carbonyl (C=O) groups excluding carboxylic acids is 1. The van der Waals surface area contributed by atoms with Crippen molar-refractivity contribution in [2.24, 2.45) is 0 Å². The van der Waals surface area contributed by atoms with Gasteiger partial charge in [0.15, 0.2) is 0 Å². The summed E-state index contributed by atoms with van der Waals surface area (Å²) in [7, 11) is 0. The predicted octanol–water partition coefficient (Wildman–Crippen LogP) is -0.274. The Labute approximate surface area is 111 Å². The highest BCUT2D eigenvalue weighted by atomic mass is 16.4. The van der Waals surface area contributed by atoms with Gasteiger partial charge in [-0.25, -0.2) is 0 Å². The number of nitrogens with one attached hydrogen (secondary N) is 2. The fourth-order valence-corrected chi connectivity index (χ4v) is 1.45. The molecule has 1 rings (SSSR count). The van der Waals surface area contributed by atoms with Crippen molar-refractivity contribution in [1.29, 1.82) is 0 Å². The van der Waals surface area contributed by atoms with Gasteiger partial charge >= 0.3 is 5.97 Å². The highest BCUT2D eigenvalue weighted by Gasteiger charge is 2.21. The number of carboxylic acid groups (broad SMARTS) is 1. The zero-order chi connectivity index (χ0) is 14.3. The first kappa shape index (κ1) is 15.1. The summed E-state index contributed by atoms with van der Waals surface area (Å²) in [5, 5.41) is 23.0. The number of benzene rings is 1. The summed E-state index contributed by atoms with van der Waals surface area (Å²) in [6, 6.07) is 7.59. The van der Waals surface area contributed by atoms with E-state index in [0.717, 1.165) is 5.56 Å². The van der Waals surface area contributed by atoms with Crippen molar-refractivity contribution in [2.45, 2.75) is 25.6 Å². The predicted molar refractivity (Wildman–Crippen MR) is 69.4 cm³/mol. The lowest BCUT2D eigenvalue weighted by atomic mass is 10.2. The van der Waals surface area contributed by atoms with Crippen LogP contribution in [0.2, 0.25) is 0 Å². The summed E-state index contributed by atoms with van der Waals surface area (Å²) < 4.78 is 0. The third-order valence-electron chi connectivity index (χ3n) is 2.62. The molecule has 2 atom stereocenters. The maximum absolute atomic E-state index is 11.7. The molecule has 0 aliphatic rings. The number of aliphatic hydroxyl groups excluding tert-OH is 1. The van der Waals surface area contributed by atoms with E-state index in [4.69, 9.17) is 10.2 Å². The van der Waals surface area contributed by atoms with Gasteiger partial charge in [0, 0.05) is 6.54 Å². The molecule has 0 spiro atoms. The summed E-state index contributed by atoms with van der Waals surface area (Å²) in [5.41, 5.74) is 0.972. The zero-order valence-electron chi connectivity index (χ0n) is 10.7. The molecular weight excluding hydrogens is 248 g/mol. The smallest absolute Gasteiger partial charge is 0.325 e. The Morgan fingerprint density at radius 3 is 2.42 bits per heavy atom. The van der Waals surface area contributed by atoms with E-state index >= 15 is 0 Å². The first-order chi connectivity index (χ1) is 9.04. The molecule has 0 fully saturated rings. The van der Waals surface area contributed by atoms with Gasteiger partial charge in [-0.3, -0.25) is 14.9 Å². The first-order valence-electron chi connectivity index (χ1n) is 5.96. The SMILES string of the molecule is CC(NC(=O)C(CO)NCc1ccccc1)C(=O)O. The van der Waals surface area contributed by atoms with Gasteiger partial charge in [0.1, 0.15) is 12.1 Å². The Morgan fingerprint density at radius 1 is 1.26 bits per heavy atom. The topological polar surface area (TPSA) is 98.7 Å². The van der Waals surface area contributed by atoms with E-state index in [0.29, 0.717) is 6.54 Å². The Morgan fingerprint density at radius 2 is 1.89 bits per heavy atom. The molecule has 1 amide bonds. The molecule has 1 aromatic rings. The van der Waals surface area contributed by atoms with Crippen molar-refractivity contribution in [2.75, 3.05) is 6.61 Å². The normalized spacial score (nSPS) is 13.6. The van der Waals surface area contributed by atoms with Crippen LogP contribution in [0.1, 0.15) is 12.5 Å². The van der Waals surface area contributed by atoms with Crippen LogP contribution in [-0.2, 0) is 16.1 Å².